The molecule has 4 N–H and O–H groups in total. The van der Waals surface area contributed by atoms with Crippen LogP contribution in [-0.2, 0) is 6.42 Å². The van der Waals surface area contributed by atoms with Crippen molar-refractivity contribution < 1.29 is 0 Å². The molecule has 0 spiro atoms. The average Bonchev–Trinajstić information content (AvgIpc) is 2.07. The van der Waals surface area contributed by atoms with Gasteiger partial charge < -0.3 is 11.5 Å². The molecule has 0 saturated heterocycles. The molecule has 1 aliphatic carbocycles. The van der Waals surface area contributed by atoms with Crippen molar-refractivity contribution in [3.8, 4) is 0 Å². The fourth-order valence-corrected chi connectivity index (χ4v) is 1.92. The molecule has 4 heteroatoms. The molecule has 1 aliphatic rings. The third-order valence-electron chi connectivity index (χ3n) is 2.62. The molecule has 1 aromatic rings. The second-order valence-corrected chi connectivity index (χ2v) is 3.62. The summed E-state index contributed by atoms with van der Waals surface area (Å²) >= 11 is 0. The molecular formula is C9H14N4. The van der Waals surface area contributed by atoms with Crippen LogP contribution in [0.4, 0.5) is 11.8 Å². The molecule has 0 amide bonds. The van der Waals surface area contributed by atoms with E-state index in [1.165, 1.54) is 12.8 Å². The average molecular weight is 178 g/mol. The number of hydrogen-bond acceptors (Lipinski definition) is 4. The van der Waals surface area contributed by atoms with Crippen molar-refractivity contribution in [1.29, 1.82) is 0 Å². The summed E-state index contributed by atoms with van der Waals surface area (Å²) < 4.78 is 0. The number of hydrogen-bond donors (Lipinski definition) is 2. The highest BCUT2D eigenvalue weighted by Gasteiger charge is 2.20. The molecular weight excluding hydrogens is 164 g/mol. The van der Waals surface area contributed by atoms with Crippen LogP contribution in [0.2, 0.25) is 0 Å². The van der Waals surface area contributed by atoms with E-state index in [-0.39, 0.29) is 0 Å². The first-order chi connectivity index (χ1) is 6.18. The van der Waals surface area contributed by atoms with E-state index in [9.17, 15) is 0 Å². The Hall–Kier alpha value is -1.32. The van der Waals surface area contributed by atoms with Gasteiger partial charge in [0.05, 0.1) is 5.69 Å². The van der Waals surface area contributed by atoms with Crippen LogP contribution >= 0.6 is 0 Å². The topological polar surface area (TPSA) is 77.8 Å². The third kappa shape index (κ3) is 1.32. The number of nitrogen functional groups attached to an aromatic ring is 2. The lowest BCUT2D eigenvalue weighted by Gasteiger charge is -2.21. The summed E-state index contributed by atoms with van der Waals surface area (Å²) in [7, 11) is 0. The van der Waals surface area contributed by atoms with Gasteiger partial charge in [-0.15, -0.1) is 0 Å². The molecule has 0 bridgehead atoms. The van der Waals surface area contributed by atoms with Crippen LogP contribution in [0.5, 0.6) is 0 Å². The monoisotopic (exact) mass is 178 g/mol. The fraction of sp³-hybridized carbons (Fsp3) is 0.556. The standard InChI is InChI=1S/C9H14N4/c1-5-3-2-4-6-7(5)12-9(11)13-8(6)10/h5H,2-4H2,1H3,(H4,10,11,12,13). The zero-order valence-corrected chi connectivity index (χ0v) is 7.75. The lowest BCUT2D eigenvalue weighted by molar-refractivity contribution is 0.573. The van der Waals surface area contributed by atoms with Crippen molar-refractivity contribution in [2.24, 2.45) is 0 Å². The molecule has 0 radical (unpaired) electrons. The Morgan fingerprint density at radius 3 is 2.85 bits per heavy atom. The van der Waals surface area contributed by atoms with Crippen molar-refractivity contribution in [3.63, 3.8) is 0 Å². The van der Waals surface area contributed by atoms with Gasteiger partial charge in [-0.3, -0.25) is 0 Å². The number of anilines is 2. The number of aromatic nitrogens is 2. The van der Waals surface area contributed by atoms with E-state index in [0.29, 0.717) is 17.7 Å². The molecule has 0 aromatic carbocycles. The summed E-state index contributed by atoms with van der Waals surface area (Å²) in [5.74, 6) is 1.33. The predicted molar refractivity (Wildman–Crippen MR) is 52.2 cm³/mol. The SMILES string of the molecule is CC1CCCc2c(N)nc(N)nc21. The van der Waals surface area contributed by atoms with Gasteiger partial charge in [-0.05, 0) is 25.2 Å². The van der Waals surface area contributed by atoms with Gasteiger partial charge >= 0.3 is 0 Å². The van der Waals surface area contributed by atoms with Gasteiger partial charge in [0.15, 0.2) is 0 Å². The van der Waals surface area contributed by atoms with Crippen molar-refractivity contribution in [3.05, 3.63) is 11.3 Å². The first kappa shape index (κ1) is 8.29. The Morgan fingerprint density at radius 2 is 2.08 bits per heavy atom. The van der Waals surface area contributed by atoms with Crippen LogP contribution in [-0.4, -0.2) is 9.97 Å². The van der Waals surface area contributed by atoms with Crippen molar-refractivity contribution in [1.82, 2.24) is 9.97 Å². The third-order valence-corrected chi connectivity index (χ3v) is 2.62. The Kier molecular flexibility index (Phi) is 1.83. The largest absolute Gasteiger partial charge is 0.383 e. The van der Waals surface area contributed by atoms with Gasteiger partial charge in [-0.2, -0.15) is 4.98 Å². The highest BCUT2D eigenvalue weighted by molar-refractivity contribution is 5.47. The van der Waals surface area contributed by atoms with Crippen molar-refractivity contribution in [2.45, 2.75) is 32.1 Å². The van der Waals surface area contributed by atoms with Gasteiger partial charge in [-0.1, -0.05) is 6.92 Å². The summed E-state index contributed by atoms with van der Waals surface area (Å²) in [6.07, 6.45) is 3.33. The van der Waals surface area contributed by atoms with E-state index in [0.717, 1.165) is 17.7 Å². The molecule has 0 fully saturated rings. The van der Waals surface area contributed by atoms with E-state index < -0.39 is 0 Å². The number of fused-ring (bicyclic) bond motifs is 1. The smallest absolute Gasteiger partial charge is 0.222 e. The first-order valence-corrected chi connectivity index (χ1v) is 4.60. The highest BCUT2D eigenvalue weighted by atomic mass is 15.0. The normalized spacial score (nSPS) is 21.2. The lowest BCUT2D eigenvalue weighted by Crippen LogP contribution is -2.15. The van der Waals surface area contributed by atoms with Crippen molar-refractivity contribution >= 4 is 11.8 Å². The zero-order valence-electron chi connectivity index (χ0n) is 7.75. The molecule has 70 valence electrons. The van der Waals surface area contributed by atoms with Gasteiger partial charge in [0.25, 0.3) is 0 Å². The van der Waals surface area contributed by atoms with Crippen LogP contribution in [0.25, 0.3) is 0 Å². The number of rotatable bonds is 0. The van der Waals surface area contributed by atoms with Crippen LogP contribution in [0, 0.1) is 0 Å². The second kappa shape index (κ2) is 2.87. The molecule has 4 nitrogen and oxygen atoms in total. The van der Waals surface area contributed by atoms with Gasteiger partial charge in [0, 0.05) is 5.56 Å². The Bertz CT molecular complexity index is 335. The summed E-state index contributed by atoms with van der Waals surface area (Å²) in [5, 5.41) is 0. The minimum absolute atomic E-state index is 0.296. The van der Waals surface area contributed by atoms with Crippen LogP contribution in [0.15, 0.2) is 0 Å². The molecule has 1 heterocycles. The maximum atomic E-state index is 5.77. The molecule has 1 atom stereocenters. The van der Waals surface area contributed by atoms with Gasteiger partial charge in [0.1, 0.15) is 5.82 Å². The molecule has 0 saturated carbocycles. The van der Waals surface area contributed by atoms with E-state index in [1.807, 2.05) is 0 Å². The molecule has 1 aromatic heterocycles. The quantitative estimate of drug-likeness (QED) is 0.623. The predicted octanol–water partition coefficient (Wildman–Crippen LogP) is 1.08. The molecule has 2 rings (SSSR count). The maximum Gasteiger partial charge on any atom is 0.222 e. The molecule has 13 heavy (non-hydrogen) atoms. The number of nitrogens with two attached hydrogens (primary N) is 2. The lowest BCUT2D eigenvalue weighted by atomic mass is 9.88. The molecule has 1 unspecified atom stereocenters. The molecule has 0 aliphatic heterocycles. The minimum Gasteiger partial charge on any atom is -0.383 e. The Labute approximate surface area is 77.4 Å². The summed E-state index contributed by atoms with van der Waals surface area (Å²) in [4.78, 5) is 8.21. The van der Waals surface area contributed by atoms with Gasteiger partial charge in [-0.25, -0.2) is 4.98 Å². The summed E-state index contributed by atoms with van der Waals surface area (Å²) in [6, 6.07) is 0. The van der Waals surface area contributed by atoms with E-state index in [2.05, 4.69) is 16.9 Å². The Balaban J connectivity index is 2.56. The Morgan fingerprint density at radius 1 is 1.31 bits per heavy atom. The van der Waals surface area contributed by atoms with E-state index in [4.69, 9.17) is 11.5 Å². The first-order valence-electron chi connectivity index (χ1n) is 4.60. The second-order valence-electron chi connectivity index (χ2n) is 3.62. The van der Waals surface area contributed by atoms with Crippen molar-refractivity contribution in [2.75, 3.05) is 11.5 Å². The van der Waals surface area contributed by atoms with Gasteiger partial charge in [0.2, 0.25) is 5.95 Å². The maximum absolute atomic E-state index is 5.77. The van der Waals surface area contributed by atoms with Crippen LogP contribution < -0.4 is 11.5 Å². The minimum atomic E-state index is 0.296. The van der Waals surface area contributed by atoms with E-state index in [1.54, 1.807) is 0 Å². The number of nitrogens with zero attached hydrogens (tertiary/aromatic N) is 2. The summed E-state index contributed by atoms with van der Waals surface area (Å²) in [5.41, 5.74) is 13.5. The van der Waals surface area contributed by atoms with Crippen LogP contribution in [0.1, 0.15) is 36.9 Å². The fourth-order valence-electron chi connectivity index (χ4n) is 1.92. The van der Waals surface area contributed by atoms with E-state index >= 15 is 0 Å². The summed E-state index contributed by atoms with van der Waals surface area (Å²) in [6.45, 7) is 2.16. The highest BCUT2D eigenvalue weighted by Crippen LogP contribution is 2.32. The zero-order chi connectivity index (χ0) is 9.42. The van der Waals surface area contributed by atoms with Crippen LogP contribution in [0.3, 0.4) is 0 Å².